The number of likely N-dealkylation sites (N-methyl/N-ethyl adjacent to an activating group) is 1. The molecule has 1 rings (SSSR count). The highest BCUT2D eigenvalue weighted by molar-refractivity contribution is 5.89. The SMILES string of the molecule is CC[N+](C)(CC)CCOC(=O)c1ccc(N)cc1.[Cl-]. The molecule has 0 saturated carbocycles. The number of halogens is 1. The first-order valence-corrected chi connectivity index (χ1v) is 6.37. The van der Waals surface area contributed by atoms with Gasteiger partial charge in [0.2, 0.25) is 0 Å². The topological polar surface area (TPSA) is 52.3 Å². The quantitative estimate of drug-likeness (QED) is 0.411. The Balaban J connectivity index is 0.00000324. The molecule has 0 fully saturated rings. The number of ether oxygens (including phenoxy) is 1. The molecular formula is C14H23ClN2O2. The van der Waals surface area contributed by atoms with Crippen LogP contribution in [0.3, 0.4) is 0 Å². The van der Waals surface area contributed by atoms with Crippen LogP contribution in [0.4, 0.5) is 5.69 Å². The average Bonchev–Trinajstić information content (AvgIpc) is 2.39. The highest BCUT2D eigenvalue weighted by Crippen LogP contribution is 2.07. The first-order chi connectivity index (χ1) is 8.50. The van der Waals surface area contributed by atoms with E-state index >= 15 is 0 Å². The first kappa shape index (κ1) is 17.7. The summed E-state index contributed by atoms with van der Waals surface area (Å²) in [4.78, 5) is 11.7. The van der Waals surface area contributed by atoms with Crippen LogP contribution in [0.25, 0.3) is 0 Å². The van der Waals surface area contributed by atoms with Gasteiger partial charge in [-0.3, -0.25) is 0 Å². The molecule has 2 N–H and O–H groups in total. The standard InChI is InChI=1S/C14H22N2O2.ClH/c1-4-16(3,5-2)10-11-18-14(17)12-6-8-13(15)9-7-12;/h6-9H,4-5,10-11H2,1-3H3,(H-,15,17);1H. The summed E-state index contributed by atoms with van der Waals surface area (Å²) in [5.41, 5.74) is 6.76. The van der Waals surface area contributed by atoms with Crippen LogP contribution >= 0.6 is 0 Å². The number of hydrogen-bond donors (Lipinski definition) is 1. The molecule has 0 atom stereocenters. The van der Waals surface area contributed by atoms with Gasteiger partial charge >= 0.3 is 5.97 Å². The fourth-order valence-corrected chi connectivity index (χ4v) is 1.60. The molecule has 0 aliphatic carbocycles. The minimum absolute atomic E-state index is 0. The second-order valence-electron chi connectivity index (χ2n) is 4.73. The van der Waals surface area contributed by atoms with Gasteiger partial charge < -0.3 is 27.4 Å². The van der Waals surface area contributed by atoms with Gasteiger partial charge in [-0.2, -0.15) is 0 Å². The number of carbonyl (C=O) groups is 1. The summed E-state index contributed by atoms with van der Waals surface area (Å²) < 4.78 is 6.18. The van der Waals surface area contributed by atoms with Crippen LogP contribution in [0.15, 0.2) is 24.3 Å². The maximum Gasteiger partial charge on any atom is 0.338 e. The van der Waals surface area contributed by atoms with E-state index in [2.05, 4.69) is 20.9 Å². The maximum absolute atomic E-state index is 11.7. The number of nitrogen functional groups attached to an aromatic ring is 1. The van der Waals surface area contributed by atoms with Crippen LogP contribution < -0.4 is 18.1 Å². The lowest BCUT2D eigenvalue weighted by molar-refractivity contribution is -0.906. The predicted molar refractivity (Wildman–Crippen MR) is 73.3 cm³/mol. The van der Waals surface area contributed by atoms with E-state index in [1.807, 2.05) is 0 Å². The summed E-state index contributed by atoms with van der Waals surface area (Å²) >= 11 is 0. The highest BCUT2D eigenvalue weighted by Gasteiger charge is 2.17. The third kappa shape index (κ3) is 5.49. The van der Waals surface area contributed by atoms with E-state index in [1.54, 1.807) is 24.3 Å². The Hall–Kier alpha value is -1.26. The van der Waals surface area contributed by atoms with Crippen molar-refractivity contribution >= 4 is 11.7 Å². The number of rotatable bonds is 6. The molecule has 0 heterocycles. The van der Waals surface area contributed by atoms with Crippen molar-refractivity contribution in [2.75, 3.05) is 39.0 Å². The van der Waals surface area contributed by atoms with Crippen molar-refractivity contribution in [2.24, 2.45) is 0 Å². The zero-order valence-corrected chi connectivity index (χ0v) is 12.6. The number of hydrogen-bond acceptors (Lipinski definition) is 3. The van der Waals surface area contributed by atoms with E-state index in [9.17, 15) is 4.79 Å². The Morgan fingerprint density at radius 1 is 1.21 bits per heavy atom. The van der Waals surface area contributed by atoms with E-state index in [0.717, 1.165) is 24.1 Å². The normalized spacial score (nSPS) is 10.7. The Morgan fingerprint density at radius 3 is 2.21 bits per heavy atom. The van der Waals surface area contributed by atoms with Gasteiger partial charge in [-0.05, 0) is 38.1 Å². The molecule has 0 amide bonds. The van der Waals surface area contributed by atoms with E-state index in [0.29, 0.717) is 17.9 Å². The second kappa shape index (κ2) is 8.02. The molecule has 0 aromatic heterocycles. The Kier molecular flexibility index (Phi) is 7.49. The summed E-state index contributed by atoms with van der Waals surface area (Å²) in [6.45, 7) is 7.65. The van der Waals surface area contributed by atoms with Gasteiger partial charge in [0.25, 0.3) is 0 Å². The number of anilines is 1. The Bertz CT molecular complexity index is 389. The zero-order valence-electron chi connectivity index (χ0n) is 11.9. The van der Waals surface area contributed by atoms with Gasteiger partial charge in [0.15, 0.2) is 0 Å². The number of esters is 1. The summed E-state index contributed by atoms with van der Waals surface area (Å²) in [6, 6.07) is 6.78. The van der Waals surface area contributed by atoms with E-state index in [-0.39, 0.29) is 18.4 Å². The van der Waals surface area contributed by atoms with Gasteiger partial charge in [-0.1, -0.05) is 0 Å². The lowest BCUT2D eigenvalue weighted by Gasteiger charge is -2.31. The third-order valence-electron chi connectivity index (χ3n) is 3.54. The smallest absolute Gasteiger partial charge is 0.338 e. The molecule has 0 unspecified atom stereocenters. The number of benzene rings is 1. The van der Waals surface area contributed by atoms with Gasteiger partial charge in [-0.15, -0.1) is 0 Å². The summed E-state index contributed by atoms with van der Waals surface area (Å²) in [5, 5.41) is 0. The minimum Gasteiger partial charge on any atom is -1.00 e. The van der Waals surface area contributed by atoms with Crippen LogP contribution in [0, 0.1) is 0 Å². The number of nitrogens with zero attached hydrogens (tertiary/aromatic N) is 1. The molecule has 4 nitrogen and oxygen atoms in total. The maximum atomic E-state index is 11.7. The van der Waals surface area contributed by atoms with Crippen molar-refractivity contribution in [3.63, 3.8) is 0 Å². The molecule has 0 aliphatic heterocycles. The molecule has 1 aromatic carbocycles. The fraction of sp³-hybridized carbons (Fsp3) is 0.500. The largest absolute Gasteiger partial charge is 1.00 e. The molecule has 0 radical (unpaired) electrons. The van der Waals surface area contributed by atoms with Crippen molar-refractivity contribution < 1.29 is 26.4 Å². The summed E-state index contributed by atoms with van der Waals surface area (Å²) in [7, 11) is 2.16. The Labute approximate surface area is 121 Å². The van der Waals surface area contributed by atoms with E-state index in [4.69, 9.17) is 10.5 Å². The second-order valence-corrected chi connectivity index (χ2v) is 4.73. The monoisotopic (exact) mass is 286 g/mol. The first-order valence-electron chi connectivity index (χ1n) is 6.37. The van der Waals surface area contributed by atoms with Crippen LogP contribution in [-0.4, -0.2) is 43.7 Å². The summed E-state index contributed by atoms with van der Waals surface area (Å²) in [5.74, 6) is -0.284. The molecular weight excluding hydrogens is 264 g/mol. The van der Waals surface area contributed by atoms with Gasteiger partial charge in [0.1, 0.15) is 13.2 Å². The van der Waals surface area contributed by atoms with Crippen LogP contribution in [0.1, 0.15) is 24.2 Å². The number of quaternary nitrogens is 1. The fourth-order valence-electron chi connectivity index (χ4n) is 1.60. The molecule has 0 spiro atoms. The molecule has 0 bridgehead atoms. The van der Waals surface area contributed by atoms with Gasteiger partial charge in [0, 0.05) is 5.69 Å². The average molecular weight is 287 g/mol. The Morgan fingerprint density at radius 2 is 1.74 bits per heavy atom. The zero-order chi connectivity index (χ0) is 13.6. The van der Waals surface area contributed by atoms with Crippen molar-refractivity contribution in [1.82, 2.24) is 0 Å². The molecule has 0 saturated heterocycles. The lowest BCUT2D eigenvalue weighted by atomic mass is 10.2. The van der Waals surface area contributed by atoms with Crippen molar-refractivity contribution in [3.05, 3.63) is 29.8 Å². The number of nitrogens with two attached hydrogens (primary N) is 1. The van der Waals surface area contributed by atoms with Crippen molar-refractivity contribution in [1.29, 1.82) is 0 Å². The predicted octanol–water partition coefficient (Wildman–Crippen LogP) is -1.08. The van der Waals surface area contributed by atoms with E-state index < -0.39 is 0 Å². The van der Waals surface area contributed by atoms with Crippen LogP contribution in [0.5, 0.6) is 0 Å². The molecule has 19 heavy (non-hydrogen) atoms. The minimum atomic E-state index is -0.284. The highest BCUT2D eigenvalue weighted by atomic mass is 35.5. The van der Waals surface area contributed by atoms with Gasteiger partial charge in [-0.25, -0.2) is 4.79 Å². The molecule has 5 heteroatoms. The van der Waals surface area contributed by atoms with Crippen LogP contribution in [-0.2, 0) is 4.74 Å². The third-order valence-corrected chi connectivity index (χ3v) is 3.54. The molecule has 1 aromatic rings. The van der Waals surface area contributed by atoms with Crippen molar-refractivity contribution in [2.45, 2.75) is 13.8 Å². The summed E-state index contributed by atoms with van der Waals surface area (Å²) in [6.07, 6.45) is 0. The van der Waals surface area contributed by atoms with E-state index in [1.165, 1.54) is 0 Å². The van der Waals surface area contributed by atoms with Gasteiger partial charge in [0.05, 0.1) is 25.7 Å². The molecule has 0 aliphatic rings. The molecule has 108 valence electrons. The van der Waals surface area contributed by atoms with Crippen LogP contribution in [0.2, 0.25) is 0 Å². The van der Waals surface area contributed by atoms with Crippen molar-refractivity contribution in [3.8, 4) is 0 Å². The number of carbonyl (C=O) groups excluding carboxylic acids is 1. The lowest BCUT2D eigenvalue weighted by Crippen LogP contribution is -3.00.